The van der Waals surface area contributed by atoms with E-state index in [1.807, 2.05) is 38.1 Å². The highest BCUT2D eigenvalue weighted by Crippen LogP contribution is 2.25. The molecule has 140 valence electrons. The molecule has 5 nitrogen and oxygen atoms in total. The van der Waals surface area contributed by atoms with Crippen molar-refractivity contribution in [3.63, 3.8) is 0 Å². The lowest BCUT2D eigenvalue weighted by Gasteiger charge is -2.23. The van der Waals surface area contributed by atoms with E-state index in [0.29, 0.717) is 24.7 Å². The van der Waals surface area contributed by atoms with E-state index in [0.717, 1.165) is 5.56 Å². The number of benzene rings is 2. The SMILES string of the molecule is COc1ccccc1OCCNC(=O)NC(c1ccc(F)cc1)C(C)C. The maximum atomic E-state index is 13.1. The van der Waals surface area contributed by atoms with Crippen molar-refractivity contribution in [2.24, 2.45) is 5.92 Å². The van der Waals surface area contributed by atoms with E-state index in [9.17, 15) is 9.18 Å². The van der Waals surface area contributed by atoms with Gasteiger partial charge in [-0.15, -0.1) is 0 Å². The van der Waals surface area contributed by atoms with Crippen LogP contribution >= 0.6 is 0 Å². The second-order valence-corrected chi connectivity index (χ2v) is 6.17. The number of para-hydroxylation sites is 2. The minimum atomic E-state index is -0.297. The zero-order chi connectivity index (χ0) is 18.9. The predicted octanol–water partition coefficient (Wildman–Crippen LogP) is 3.91. The van der Waals surface area contributed by atoms with E-state index in [1.165, 1.54) is 12.1 Å². The van der Waals surface area contributed by atoms with Crippen LogP contribution in [0.2, 0.25) is 0 Å². The van der Waals surface area contributed by atoms with E-state index in [-0.39, 0.29) is 23.8 Å². The lowest BCUT2D eigenvalue weighted by Crippen LogP contribution is -2.41. The highest BCUT2D eigenvalue weighted by atomic mass is 19.1. The van der Waals surface area contributed by atoms with Crippen LogP contribution in [0.4, 0.5) is 9.18 Å². The first-order valence-electron chi connectivity index (χ1n) is 8.57. The van der Waals surface area contributed by atoms with Crippen molar-refractivity contribution in [1.29, 1.82) is 0 Å². The summed E-state index contributed by atoms with van der Waals surface area (Å²) in [7, 11) is 1.58. The first-order chi connectivity index (χ1) is 12.5. The van der Waals surface area contributed by atoms with Gasteiger partial charge in [-0.3, -0.25) is 0 Å². The molecule has 0 fully saturated rings. The van der Waals surface area contributed by atoms with Crippen molar-refractivity contribution in [2.45, 2.75) is 19.9 Å². The molecule has 2 aromatic carbocycles. The van der Waals surface area contributed by atoms with Gasteiger partial charge in [-0.2, -0.15) is 0 Å². The maximum Gasteiger partial charge on any atom is 0.315 e. The summed E-state index contributed by atoms with van der Waals surface area (Å²) in [6, 6.07) is 13.0. The van der Waals surface area contributed by atoms with Crippen molar-refractivity contribution in [1.82, 2.24) is 10.6 Å². The molecule has 2 amide bonds. The van der Waals surface area contributed by atoms with Crippen molar-refractivity contribution < 1.29 is 18.7 Å². The molecule has 0 aliphatic carbocycles. The number of nitrogens with one attached hydrogen (secondary N) is 2. The number of hydrogen-bond acceptors (Lipinski definition) is 3. The predicted molar refractivity (Wildman–Crippen MR) is 99.0 cm³/mol. The van der Waals surface area contributed by atoms with Crippen molar-refractivity contribution >= 4 is 6.03 Å². The Bertz CT molecular complexity index is 704. The molecule has 2 N–H and O–H groups in total. The number of urea groups is 1. The van der Waals surface area contributed by atoms with Gasteiger partial charge >= 0.3 is 6.03 Å². The summed E-state index contributed by atoms with van der Waals surface area (Å²) in [4.78, 5) is 12.2. The fourth-order valence-electron chi connectivity index (χ4n) is 2.56. The lowest BCUT2D eigenvalue weighted by molar-refractivity contribution is 0.228. The third-order valence-electron chi connectivity index (χ3n) is 3.90. The molecule has 0 bridgehead atoms. The monoisotopic (exact) mass is 360 g/mol. The van der Waals surface area contributed by atoms with Gasteiger partial charge in [0.1, 0.15) is 12.4 Å². The molecule has 0 radical (unpaired) electrons. The summed E-state index contributed by atoms with van der Waals surface area (Å²) in [5, 5.41) is 5.69. The zero-order valence-electron chi connectivity index (χ0n) is 15.3. The molecular formula is C20H25FN2O3. The summed E-state index contributed by atoms with van der Waals surface area (Å²) >= 11 is 0. The highest BCUT2D eigenvalue weighted by Gasteiger charge is 2.18. The van der Waals surface area contributed by atoms with Crippen LogP contribution in [0.15, 0.2) is 48.5 Å². The zero-order valence-corrected chi connectivity index (χ0v) is 15.3. The Morgan fingerprint density at radius 3 is 2.35 bits per heavy atom. The molecule has 0 saturated carbocycles. The van der Waals surface area contributed by atoms with Gasteiger partial charge in [-0.25, -0.2) is 9.18 Å². The smallest absolute Gasteiger partial charge is 0.315 e. The number of carbonyl (C=O) groups is 1. The van der Waals surface area contributed by atoms with Gasteiger partial charge < -0.3 is 20.1 Å². The summed E-state index contributed by atoms with van der Waals surface area (Å²) in [6.07, 6.45) is 0. The van der Waals surface area contributed by atoms with Gasteiger partial charge in [0.15, 0.2) is 11.5 Å². The number of hydrogen-bond donors (Lipinski definition) is 2. The second-order valence-electron chi connectivity index (χ2n) is 6.17. The molecule has 1 unspecified atom stereocenters. The van der Waals surface area contributed by atoms with Gasteiger partial charge in [0.25, 0.3) is 0 Å². The minimum Gasteiger partial charge on any atom is -0.493 e. The fraction of sp³-hybridized carbons (Fsp3) is 0.350. The van der Waals surface area contributed by atoms with Crippen molar-refractivity contribution in [2.75, 3.05) is 20.3 Å². The Morgan fingerprint density at radius 2 is 1.73 bits per heavy atom. The topological polar surface area (TPSA) is 59.6 Å². The number of halogens is 1. The minimum absolute atomic E-state index is 0.163. The first kappa shape index (κ1) is 19.6. The van der Waals surface area contributed by atoms with Gasteiger partial charge in [0, 0.05) is 0 Å². The van der Waals surface area contributed by atoms with Crippen LogP contribution < -0.4 is 20.1 Å². The molecule has 2 rings (SSSR count). The van der Waals surface area contributed by atoms with Gasteiger partial charge in [-0.05, 0) is 35.7 Å². The Balaban J connectivity index is 1.82. The molecule has 1 atom stereocenters. The summed E-state index contributed by atoms with van der Waals surface area (Å²) < 4.78 is 23.9. The largest absolute Gasteiger partial charge is 0.493 e. The molecule has 0 aliphatic rings. The number of amides is 2. The van der Waals surface area contributed by atoms with Crippen molar-refractivity contribution in [3.05, 3.63) is 59.9 Å². The van der Waals surface area contributed by atoms with Crippen LogP contribution in [-0.2, 0) is 0 Å². The first-order valence-corrected chi connectivity index (χ1v) is 8.57. The highest BCUT2D eigenvalue weighted by molar-refractivity contribution is 5.74. The van der Waals surface area contributed by atoms with Crippen LogP contribution in [-0.4, -0.2) is 26.3 Å². The molecule has 0 aliphatic heterocycles. The van der Waals surface area contributed by atoms with Crippen LogP contribution in [0, 0.1) is 11.7 Å². The molecule has 2 aromatic rings. The van der Waals surface area contributed by atoms with E-state index < -0.39 is 0 Å². The number of ether oxygens (including phenoxy) is 2. The van der Waals surface area contributed by atoms with Crippen LogP contribution in [0.25, 0.3) is 0 Å². The average molecular weight is 360 g/mol. The Hall–Kier alpha value is -2.76. The van der Waals surface area contributed by atoms with Crippen molar-refractivity contribution in [3.8, 4) is 11.5 Å². The maximum absolute atomic E-state index is 13.1. The Kier molecular flexibility index (Phi) is 7.26. The van der Waals surface area contributed by atoms with Crippen LogP contribution in [0.1, 0.15) is 25.5 Å². The van der Waals surface area contributed by atoms with Gasteiger partial charge in [0.05, 0.1) is 19.7 Å². The third-order valence-corrected chi connectivity index (χ3v) is 3.90. The second kappa shape index (κ2) is 9.65. The molecule has 26 heavy (non-hydrogen) atoms. The van der Waals surface area contributed by atoms with Gasteiger partial charge in [-0.1, -0.05) is 38.1 Å². The van der Waals surface area contributed by atoms with E-state index in [2.05, 4.69) is 10.6 Å². The fourth-order valence-corrected chi connectivity index (χ4v) is 2.56. The van der Waals surface area contributed by atoms with Gasteiger partial charge in [0.2, 0.25) is 0 Å². The summed E-state index contributed by atoms with van der Waals surface area (Å²) in [5.74, 6) is 1.14. The molecule has 6 heteroatoms. The van der Waals surface area contributed by atoms with E-state index in [1.54, 1.807) is 19.2 Å². The average Bonchev–Trinajstić information content (AvgIpc) is 2.64. The third kappa shape index (κ3) is 5.65. The van der Waals surface area contributed by atoms with Crippen LogP contribution in [0.5, 0.6) is 11.5 Å². The molecule has 0 saturated heterocycles. The molecule has 0 spiro atoms. The number of carbonyl (C=O) groups excluding carboxylic acids is 1. The summed E-state index contributed by atoms with van der Waals surface area (Å²) in [6.45, 7) is 4.66. The number of methoxy groups -OCH3 is 1. The molecular weight excluding hydrogens is 335 g/mol. The van der Waals surface area contributed by atoms with Crippen LogP contribution in [0.3, 0.4) is 0 Å². The summed E-state index contributed by atoms with van der Waals surface area (Å²) in [5.41, 5.74) is 0.863. The molecule has 0 aromatic heterocycles. The quantitative estimate of drug-likeness (QED) is 0.702. The lowest BCUT2D eigenvalue weighted by atomic mass is 9.96. The Labute approximate surface area is 153 Å². The number of rotatable bonds is 8. The molecule has 0 heterocycles. The standard InChI is InChI=1S/C20H25FN2O3/c1-14(2)19(15-8-10-16(21)11-9-15)23-20(24)22-12-13-26-18-7-5-4-6-17(18)25-3/h4-11,14,19H,12-13H2,1-3H3,(H2,22,23,24). The normalized spacial score (nSPS) is 11.7. The van der Waals surface area contributed by atoms with E-state index >= 15 is 0 Å². The van der Waals surface area contributed by atoms with E-state index in [4.69, 9.17) is 9.47 Å². The Morgan fingerprint density at radius 1 is 1.08 bits per heavy atom.